The number of benzene rings is 1. The van der Waals surface area contributed by atoms with E-state index in [1.807, 2.05) is 31.2 Å². The predicted molar refractivity (Wildman–Crippen MR) is 119 cm³/mol. The zero-order chi connectivity index (χ0) is 22.0. The van der Waals surface area contributed by atoms with Crippen LogP contribution in [0.2, 0.25) is 0 Å². The molecular formula is C22H28N4O3S. The molecule has 0 radical (unpaired) electrons. The molecule has 1 atom stereocenters. The lowest BCUT2D eigenvalue weighted by molar-refractivity contribution is -0.130. The van der Waals surface area contributed by atoms with Crippen molar-refractivity contribution in [3.05, 3.63) is 56.1 Å². The van der Waals surface area contributed by atoms with Gasteiger partial charge in [0.25, 0.3) is 5.56 Å². The highest BCUT2D eigenvalue weighted by atomic mass is 32.1. The number of rotatable bonds is 6. The van der Waals surface area contributed by atoms with Crippen LogP contribution in [-0.2, 0) is 11.3 Å². The van der Waals surface area contributed by atoms with E-state index in [2.05, 4.69) is 23.9 Å². The Morgan fingerprint density at radius 3 is 2.57 bits per heavy atom. The topological polar surface area (TPSA) is 90.7 Å². The number of amides is 1. The summed E-state index contributed by atoms with van der Waals surface area (Å²) in [4.78, 5) is 27.5. The van der Waals surface area contributed by atoms with Gasteiger partial charge in [-0.2, -0.15) is 5.10 Å². The summed E-state index contributed by atoms with van der Waals surface area (Å²) in [6.07, 6.45) is 2.06. The van der Waals surface area contributed by atoms with Gasteiger partial charge in [-0.05, 0) is 35.7 Å². The van der Waals surface area contributed by atoms with Gasteiger partial charge in [0.05, 0.1) is 11.8 Å². The monoisotopic (exact) mass is 428 g/mol. The molecule has 2 aromatic rings. The average Bonchev–Trinajstić information content (AvgIpc) is 3.13. The molecule has 30 heavy (non-hydrogen) atoms. The first-order valence-corrected chi connectivity index (χ1v) is 10.7. The molecule has 0 spiro atoms. The highest BCUT2D eigenvalue weighted by Crippen LogP contribution is 2.34. The van der Waals surface area contributed by atoms with Gasteiger partial charge >= 0.3 is 0 Å². The van der Waals surface area contributed by atoms with Crippen LogP contribution >= 0.6 is 12.2 Å². The number of aromatic amines is 1. The van der Waals surface area contributed by atoms with Crippen LogP contribution in [0.1, 0.15) is 75.6 Å². The van der Waals surface area contributed by atoms with E-state index in [9.17, 15) is 14.7 Å². The fraction of sp³-hybridized carbons (Fsp3) is 0.455. The summed E-state index contributed by atoms with van der Waals surface area (Å²) in [6.45, 7) is 8.22. The molecule has 160 valence electrons. The number of unbranched alkanes of at least 4 members (excludes halogenated alkanes) is 1. The fourth-order valence-electron chi connectivity index (χ4n) is 3.66. The van der Waals surface area contributed by atoms with Crippen molar-refractivity contribution >= 4 is 23.8 Å². The summed E-state index contributed by atoms with van der Waals surface area (Å²) in [7, 11) is 0. The maximum Gasteiger partial charge on any atom is 0.264 e. The summed E-state index contributed by atoms with van der Waals surface area (Å²) in [6, 6.07) is 7.75. The van der Waals surface area contributed by atoms with Crippen molar-refractivity contribution in [3.8, 4) is 5.88 Å². The first kappa shape index (κ1) is 22.0. The Morgan fingerprint density at radius 1 is 1.33 bits per heavy atom. The van der Waals surface area contributed by atoms with Gasteiger partial charge in [-0.15, -0.1) is 0 Å². The van der Waals surface area contributed by atoms with Crippen molar-refractivity contribution in [3.63, 3.8) is 0 Å². The molecule has 0 unspecified atom stereocenters. The average molecular weight is 429 g/mol. The summed E-state index contributed by atoms with van der Waals surface area (Å²) in [5, 5.41) is 16.6. The number of hydrazone groups is 1. The van der Waals surface area contributed by atoms with Crippen LogP contribution in [0.5, 0.6) is 5.88 Å². The van der Waals surface area contributed by atoms with Gasteiger partial charge < -0.3 is 5.11 Å². The first-order valence-electron chi connectivity index (χ1n) is 10.3. The molecule has 1 aliphatic heterocycles. The van der Waals surface area contributed by atoms with Crippen LogP contribution in [-0.4, -0.2) is 31.3 Å². The molecule has 7 nitrogen and oxygen atoms in total. The molecule has 2 heterocycles. The Labute approximate surface area is 181 Å². The molecule has 3 rings (SSSR count). The van der Waals surface area contributed by atoms with E-state index in [1.54, 1.807) is 0 Å². The van der Waals surface area contributed by atoms with Crippen molar-refractivity contribution in [1.29, 1.82) is 0 Å². The molecule has 0 fully saturated rings. The molecule has 8 heteroatoms. The Balaban J connectivity index is 2.02. The van der Waals surface area contributed by atoms with Crippen molar-refractivity contribution < 1.29 is 9.90 Å². The number of carbonyl (C=O) groups excluding carboxylic acids is 1. The minimum atomic E-state index is -0.497. The quantitative estimate of drug-likeness (QED) is 0.674. The van der Waals surface area contributed by atoms with Crippen molar-refractivity contribution in [2.75, 3.05) is 0 Å². The number of nitrogens with zero attached hydrogens (tertiary/aromatic N) is 3. The summed E-state index contributed by atoms with van der Waals surface area (Å²) in [5.41, 5.74) is 2.10. The van der Waals surface area contributed by atoms with Gasteiger partial charge in [-0.25, -0.2) is 5.01 Å². The molecule has 2 N–H and O–H groups in total. The van der Waals surface area contributed by atoms with E-state index < -0.39 is 5.56 Å². The SMILES string of the molecule is CCCCn1c(O)c(C2=NN(C(C)=O)[C@H](c3ccc(C(C)C)cc3)C2)c(=O)[nH]c1=S. The Hall–Kier alpha value is -2.74. The highest BCUT2D eigenvalue weighted by Gasteiger charge is 2.34. The van der Waals surface area contributed by atoms with Gasteiger partial charge in [-0.1, -0.05) is 51.5 Å². The number of nitrogens with one attached hydrogen (secondary N) is 1. The normalized spacial score (nSPS) is 16.2. The van der Waals surface area contributed by atoms with Crippen molar-refractivity contribution in [2.45, 2.75) is 65.5 Å². The molecule has 1 aromatic carbocycles. The largest absolute Gasteiger partial charge is 0.494 e. The van der Waals surface area contributed by atoms with Crippen molar-refractivity contribution in [1.82, 2.24) is 14.6 Å². The van der Waals surface area contributed by atoms with Gasteiger partial charge in [-0.3, -0.25) is 19.1 Å². The molecule has 0 bridgehead atoms. The van der Waals surface area contributed by atoms with E-state index in [4.69, 9.17) is 12.2 Å². The Bertz CT molecular complexity index is 1080. The standard InChI is InChI=1S/C22H28N4O3S/c1-5-6-11-25-21(29)19(20(28)23-22(25)30)17-12-18(26(24-17)14(4)27)16-9-7-15(8-10-16)13(2)3/h7-10,13,18,29H,5-6,11-12H2,1-4H3,(H,23,28,30)/t18-/m0/s1. The number of aromatic nitrogens is 2. The summed E-state index contributed by atoms with van der Waals surface area (Å²) >= 11 is 5.22. The Morgan fingerprint density at radius 2 is 2.00 bits per heavy atom. The fourth-order valence-corrected chi connectivity index (χ4v) is 3.93. The molecule has 0 saturated heterocycles. The number of hydrogen-bond donors (Lipinski definition) is 2. The van der Waals surface area contributed by atoms with Crippen LogP contribution < -0.4 is 5.56 Å². The van der Waals surface area contributed by atoms with Crippen LogP contribution in [0, 0.1) is 4.77 Å². The smallest absolute Gasteiger partial charge is 0.264 e. The summed E-state index contributed by atoms with van der Waals surface area (Å²) in [5.74, 6) is -0.0165. The van der Waals surface area contributed by atoms with Crippen LogP contribution in [0.15, 0.2) is 34.2 Å². The lowest BCUT2D eigenvalue weighted by Crippen LogP contribution is -2.24. The third-order valence-electron chi connectivity index (χ3n) is 5.42. The zero-order valence-electron chi connectivity index (χ0n) is 17.8. The number of carbonyl (C=O) groups is 1. The molecule has 1 aromatic heterocycles. The molecule has 1 amide bonds. The molecule has 0 saturated carbocycles. The van der Waals surface area contributed by atoms with Gasteiger partial charge in [0.2, 0.25) is 11.8 Å². The lowest BCUT2D eigenvalue weighted by Gasteiger charge is -2.21. The second-order valence-corrected chi connectivity index (χ2v) is 8.30. The minimum absolute atomic E-state index is 0.0762. The van der Waals surface area contributed by atoms with Gasteiger partial charge in [0, 0.05) is 19.9 Å². The van der Waals surface area contributed by atoms with E-state index in [0.29, 0.717) is 24.6 Å². The van der Waals surface area contributed by atoms with E-state index in [1.165, 1.54) is 22.1 Å². The van der Waals surface area contributed by atoms with E-state index in [-0.39, 0.29) is 28.2 Å². The maximum absolute atomic E-state index is 12.6. The highest BCUT2D eigenvalue weighted by molar-refractivity contribution is 7.71. The second kappa shape index (κ2) is 8.95. The van der Waals surface area contributed by atoms with Crippen LogP contribution in [0.4, 0.5) is 0 Å². The van der Waals surface area contributed by atoms with Gasteiger partial charge in [0.1, 0.15) is 5.56 Å². The van der Waals surface area contributed by atoms with Crippen molar-refractivity contribution in [2.24, 2.45) is 5.10 Å². The molecular weight excluding hydrogens is 400 g/mol. The predicted octanol–water partition coefficient (Wildman–Crippen LogP) is 4.23. The molecule has 1 aliphatic rings. The van der Waals surface area contributed by atoms with E-state index >= 15 is 0 Å². The first-order chi connectivity index (χ1) is 14.2. The van der Waals surface area contributed by atoms with E-state index in [0.717, 1.165) is 18.4 Å². The second-order valence-electron chi connectivity index (χ2n) is 7.91. The lowest BCUT2D eigenvalue weighted by atomic mass is 9.96. The molecule has 0 aliphatic carbocycles. The number of H-pyrrole nitrogens is 1. The third kappa shape index (κ3) is 4.23. The summed E-state index contributed by atoms with van der Waals surface area (Å²) < 4.78 is 1.69. The third-order valence-corrected chi connectivity index (χ3v) is 5.74. The zero-order valence-corrected chi connectivity index (χ0v) is 18.6. The number of hydrogen-bond acceptors (Lipinski definition) is 5. The maximum atomic E-state index is 12.6. The minimum Gasteiger partial charge on any atom is -0.494 e. The van der Waals surface area contributed by atoms with Crippen LogP contribution in [0.25, 0.3) is 0 Å². The van der Waals surface area contributed by atoms with Gasteiger partial charge in [0.15, 0.2) is 4.77 Å². The Kier molecular flexibility index (Phi) is 6.55. The van der Waals surface area contributed by atoms with Crippen LogP contribution in [0.3, 0.4) is 0 Å². The number of aromatic hydroxyl groups is 1.